The van der Waals surface area contributed by atoms with Crippen molar-refractivity contribution in [2.45, 2.75) is 45.6 Å². The Hall–Kier alpha value is -1.52. The summed E-state index contributed by atoms with van der Waals surface area (Å²) < 4.78 is 5.50. The van der Waals surface area contributed by atoms with Gasteiger partial charge in [-0.05, 0) is 25.2 Å². The van der Waals surface area contributed by atoms with E-state index in [-0.39, 0.29) is 0 Å². The number of hydrogen-bond acceptors (Lipinski definition) is 5. The number of rotatable bonds is 5. The monoisotopic (exact) mass is 250 g/mol. The zero-order valence-electron chi connectivity index (χ0n) is 11.1. The van der Waals surface area contributed by atoms with Crippen LogP contribution in [0.4, 0.5) is 11.5 Å². The van der Waals surface area contributed by atoms with Gasteiger partial charge in [-0.2, -0.15) is 4.98 Å². The molecule has 2 unspecified atom stereocenters. The van der Waals surface area contributed by atoms with Gasteiger partial charge in [0.2, 0.25) is 5.88 Å². The van der Waals surface area contributed by atoms with E-state index in [4.69, 9.17) is 10.5 Å². The van der Waals surface area contributed by atoms with Crippen LogP contribution in [0, 0.1) is 5.92 Å². The molecule has 0 aromatic carbocycles. The smallest absolute Gasteiger partial charge is 0.242 e. The van der Waals surface area contributed by atoms with Crippen LogP contribution in [0.1, 0.15) is 39.5 Å². The highest BCUT2D eigenvalue weighted by Crippen LogP contribution is 2.31. The van der Waals surface area contributed by atoms with Gasteiger partial charge in [-0.1, -0.05) is 20.3 Å². The summed E-state index contributed by atoms with van der Waals surface area (Å²) in [5.74, 6) is 1.86. The van der Waals surface area contributed by atoms with Crippen LogP contribution in [-0.2, 0) is 0 Å². The molecule has 1 aromatic rings. The van der Waals surface area contributed by atoms with Crippen LogP contribution in [0.15, 0.2) is 6.33 Å². The lowest BCUT2D eigenvalue weighted by Crippen LogP contribution is -2.23. The van der Waals surface area contributed by atoms with E-state index in [1.54, 1.807) is 0 Å². The van der Waals surface area contributed by atoms with Crippen LogP contribution >= 0.6 is 0 Å². The van der Waals surface area contributed by atoms with E-state index in [0.717, 1.165) is 6.42 Å². The van der Waals surface area contributed by atoms with Crippen molar-refractivity contribution in [3.8, 4) is 5.88 Å². The highest BCUT2D eigenvalue weighted by atomic mass is 16.5. The quantitative estimate of drug-likeness (QED) is 0.839. The van der Waals surface area contributed by atoms with Gasteiger partial charge < -0.3 is 15.8 Å². The molecule has 1 fully saturated rings. The largest absolute Gasteiger partial charge is 0.476 e. The number of nitrogens with zero attached hydrogens (tertiary/aromatic N) is 2. The maximum atomic E-state index is 6.04. The molecule has 1 heterocycles. The van der Waals surface area contributed by atoms with Crippen LogP contribution in [0.2, 0.25) is 0 Å². The fourth-order valence-electron chi connectivity index (χ4n) is 2.34. The average molecular weight is 250 g/mol. The Morgan fingerprint density at radius 2 is 2.28 bits per heavy atom. The number of aromatic nitrogens is 2. The van der Waals surface area contributed by atoms with E-state index < -0.39 is 0 Å². The molecule has 0 aliphatic heterocycles. The summed E-state index contributed by atoms with van der Waals surface area (Å²) in [7, 11) is 0. The molecule has 3 N–H and O–H groups in total. The second kappa shape index (κ2) is 5.89. The Bertz CT molecular complexity index is 397. The second-order valence-corrected chi connectivity index (χ2v) is 4.95. The molecule has 5 nitrogen and oxygen atoms in total. The second-order valence-electron chi connectivity index (χ2n) is 4.95. The molecule has 2 rings (SSSR count). The zero-order valence-corrected chi connectivity index (χ0v) is 11.1. The van der Waals surface area contributed by atoms with Crippen LogP contribution in [-0.4, -0.2) is 22.6 Å². The fourth-order valence-corrected chi connectivity index (χ4v) is 2.34. The molecular formula is C13H22N4O. The number of hydrogen-bond donors (Lipinski definition) is 2. The molecule has 1 aromatic heterocycles. The summed E-state index contributed by atoms with van der Waals surface area (Å²) in [6, 6.07) is 0.459. The van der Waals surface area contributed by atoms with Crippen LogP contribution < -0.4 is 15.8 Å². The Morgan fingerprint density at radius 3 is 2.94 bits per heavy atom. The topological polar surface area (TPSA) is 73.1 Å². The Labute approximate surface area is 108 Å². The summed E-state index contributed by atoms with van der Waals surface area (Å²) in [5, 5.41) is 3.42. The van der Waals surface area contributed by atoms with Crippen molar-refractivity contribution >= 4 is 11.5 Å². The summed E-state index contributed by atoms with van der Waals surface area (Å²) in [6.45, 7) is 4.94. The predicted octanol–water partition coefficient (Wildman–Crippen LogP) is 2.45. The lowest BCUT2D eigenvalue weighted by molar-refractivity contribution is 0.306. The highest BCUT2D eigenvalue weighted by Gasteiger charge is 2.24. The molecule has 0 amide bonds. The maximum Gasteiger partial charge on any atom is 0.242 e. The molecule has 0 bridgehead atoms. The molecule has 100 valence electrons. The Balaban J connectivity index is 2.07. The van der Waals surface area contributed by atoms with E-state index in [0.29, 0.717) is 36.0 Å². The Morgan fingerprint density at radius 1 is 1.44 bits per heavy atom. The van der Waals surface area contributed by atoms with Gasteiger partial charge >= 0.3 is 0 Å². The van der Waals surface area contributed by atoms with Gasteiger partial charge in [-0.25, -0.2) is 4.98 Å². The maximum absolute atomic E-state index is 6.04. The molecule has 1 aliphatic rings. The van der Waals surface area contributed by atoms with E-state index in [2.05, 4.69) is 29.1 Å². The van der Waals surface area contributed by atoms with E-state index in [1.165, 1.54) is 25.6 Å². The summed E-state index contributed by atoms with van der Waals surface area (Å²) in [4.78, 5) is 8.29. The van der Waals surface area contributed by atoms with Crippen molar-refractivity contribution in [1.29, 1.82) is 0 Å². The molecule has 5 heteroatoms. The minimum Gasteiger partial charge on any atom is -0.476 e. The van der Waals surface area contributed by atoms with Crippen LogP contribution in [0.25, 0.3) is 0 Å². The van der Waals surface area contributed by atoms with Crippen molar-refractivity contribution in [1.82, 2.24) is 9.97 Å². The number of nitrogens with one attached hydrogen (secondary N) is 1. The van der Waals surface area contributed by atoms with Gasteiger partial charge in [0, 0.05) is 6.04 Å². The molecule has 0 saturated heterocycles. The summed E-state index contributed by atoms with van der Waals surface area (Å²) in [5.41, 5.74) is 6.55. The summed E-state index contributed by atoms with van der Waals surface area (Å²) in [6.07, 6.45) is 6.15. The van der Waals surface area contributed by atoms with E-state index in [1.807, 2.05) is 0 Å². The van der Waals surface area contributed by atoms with Crippen LogP contribution in [0.3, 0.4) is 0 Å². The SMILES string of the molecule is CCCOc1ncnc(NC2CCCC2C)c1N. The third kappa shape index (κ3) is 2.83. The van der Waals surface area contributed by atoms with Crippen molar-refractivity contribution < 1.29 is 4.74 Å². The molecule has 2 atom stereocenters. The third-order valence-corrected chi connectivity index (χ3v) is 3.47. The first kappa shape index (κ1) is 12.9. The van der Waals surface area contributed by atoms with Crippen LogP contribution in [0.5, 0.6) is 5.88 Å². The number of anilines is 2. The standard InChI is InChI=1S/C13H22N4O/c1-3-7-18-13-11(14)12(15-8-16-13)17-10-6-4-5-9(10)2/h8-10H,3-7,14H2,1-2H3,(H,15,16,17). The fraction of sp³-hybridized carbons (Fsp3) is 0.692. The van der Waals surface area contributed by atoms with Crippen molar-refractivity contribution in [2.75, 3.05) is 17.7 Å². The first-order valence-electron chi connectivity index (χ1n) is 6.72. The molecule has 0 spiro atoms. The van der Waals surface area contributed by atoms with Crippen molar-refractivity contribution in [3.63, 3.8) is 0 Å². The van der Waals surface area contributed by atoms with Gasteiger partial charge in [-0.15, -0.1) is 0 Å². The van der Waals surface area contributed by atoms with E-state index >= 15 is 0 Å². The van der Waals surface area contributed by atoms with Crippen molar-refractivity contribution in [2.24, 2.45) is 5.92 Å². The lowest BCUT2D eigenvalue weighted by atomic mass is 10.1. The molecule has 0 radical (unpaired) electrons. The summed E-state index contributed by atoms with van der Waals surface area (Å²) >= 11 is 0. The third-order valence-electron chi connectivity index (χ3n) is 3.47. The molecule has 1 aliphatic carbocycles. The number of nitrogens with two attached hydrogens (primary N) is 1. The zero-order chi connectivity index (χ0) is 13.0. The van der Waals surface area contributed by atoms with Gasteiger partial charge in [0.1, 0.15) is 12.0 Å². The van der Waals surface area contributed by atoms with Crippen molar-refractivity contribution in [3.05, 3.63) is 6.33 Å². The Kier molecular flexibility index (Phi) is 4.23. The van der Waals surface area contributed by atoms with Gasteiger partial charge in [0.05, 0.1) is 6.61 Å². The molecular weight excluding hydrogens is 228 g/mol. The molecule has 18 heavy (non-hydrogen) atoms. The van der Waals surface area contributed by atoms with Gasteiger partial charge in [0.15, 0.2) is 5.82 Å². The number of ether oxygens (including phenoxy) is 1. The first-order valence-corrected chi connectivity index (χ1v) is 6.72. The number of nitrogen functional groups attached to an aromatic ring is 1. The molecule has 1 saturated carbocycles. The van der Waals surface area contributed by atoms with Gasteiger partial charge in [0.25, 0.3) is 0 Å². The van der Waals surface area contributed by atoms with Gasteiger partial charge in [-0.3, -0.25) is 0 Å². The van der Waals surface area contributed by atoms with E-state index in [9.17, 15) is 0 Å². The highest BCUT2D eigenvalue weighted by molar-refractivity contribution is 5.66. The average Bonchev–Trinajstić information content (AvgIpc) is 2.76. The lowest BCUT2D eigenvalue weighted by Gasteiger charge is -2.19. The predicted molar refractivity (Wildman–Crippen MR) is 72.7 cm³/mol. The minimum atomic E-state index is 0.459. The first-order chi connectivity index (χ1) is 8.72. The minimum absolute atomic E-state index is 0.459. The normalized spacial score (nSPS) is 23.0.